The molecule has 0 spiro atoms. The molecule has 0 aliphatic rings. The molecule has 0 atom stereocenters. The van der Waals surface area contributed by atoms with E-state index in [1.165, 1.54) is 74.5 Å². The molecule has 0 aliphatic heterocycles. The number of carbonyl (C=O) groups excluding carboxylic acids is 1. The van der Waals surface area contributed by atoms with Crippen molar-refractivity contribution in [2.24, 2.45) is 0 Å². The van der Waals surface area contributed by atoms with E-state index in [0.717, 1.165) is 17.8 Å². The van der Waals surface area contributed by atoms with Crippen LogP contribution in [0, 0.1) is 6.92 Å². The Morgan fingerprint density at radius 2 is 1.27 bits per heavy atom. The third-order valence-corrected chi connectivity index (χ3v) is 6.27. The summed E-state index contributed by atoms with van der Waals surface area (Å²) in [4.78, 5) is 24.8. The van der Waals surface area contributed by atoms with Gasteiger partial charge < -0.3 is 0 Å². The van der Waals surface area contributed by atoms with Crippen molar-refractivity contribution in [3.05, 3.63) is 87.3 Å². The van der Waals surface area contributed by atoms with Crippen LogP contribution in [0.1, 0.15) is 98.3 Å². The van der Waals surface area contributed by atoms with Crippen LogP contribution in [0.25, 0.3) is 5.69 Å². The van der Waals surface area contributed by atoms with E-state index in [-0.39, 0.29) is 11.3 Å². The minimum atomic E-state index is -0.107. The molecule has 0 unspecified atom stereocenters. The zero-order valence-corrected chi connectivity index (χ0v) is 20.2. The van der Waals surface area contributed by atoms with Crippen molar-refractivity contribution in [1.82, 2.24) is 9.78 Å². The van der Waals surface area contributed by atoms with E-state index >= 15 is 0 Å². The summed E-state index contributed by atoms with van der Waals surface area (Å²) in [6, 6.07) is 16.7. The van der Waals surface area contributed by atoms with Gasteiger partial charge in [0.15, 0.2) is 5.78 Å². The molecular formula is C29H38N2O2. The Kier molecular flexibility index (Phi) is 9.74. The maximum absolute atomic E-state index is 12.8. The van der Waals surface area contributed by atoms with Gasteiger partial charge in [-0.05, 0) is 49.6 Å². The number of aromatic amines is 1. The van der Waals surface area contributed by atoms with Crippen molar-refractivity contribution in [3.8, 4) is 5.69 Å². The molecule has 0 aliphatic carbocycles. The van der Waals surface area contributed by atoms with E-state index in [0.29, 0.717) is 11.1 Å². The first-order valence-corrected chi connectivity index (χ1v) is 12.6. The lowest BCUT2D eigenvalue weighted by Gasteiger charge is -2.06. The third kappa shape index (κ3) is 7.59. The molecule has 2 aromatic carbocycles. The number of nitrogens with zero attached hydrogens (tertiary/aromatic N) is 1. The van der Waals surface area contributed by atoms with Crippen LogP contribution in [0.15, 0.2) is 59.4 Å². The SMILES string of the molecule is CCCCCCCCCCCCc1ccc(C(=O)c2ccc(-n3[nH]c(C)cc3=O)cc2)cc1. The highest BCUT2D eigenvalue weighted by Gasteiger charge is 2.10. The highest BCUT2D eigenvalue weighted by atomic mass is 16.1. The predicted octanol–water partition coefficient (Wildman–Crippen LogP) is 7.17. The molecule has 3 aromatic rings. The zero-order valence-electron chi connectivity index (χ0n) is 20.2. The molecule has 0 saturated carbocycles. The van der Waals surface area contributed by atoms with E-state index in [1.54, 1.807) is 30.3 Å². The van der Waals surface area contributed by atoms with E-state index in [9.17, 15) is 9.59 Å². The highest BCUT2D eigenvalue weighted by molar-refractivity contribution is 6.09. The van der Waals surface area contributed by atoms with Crippen LogP contribution < -0.4 is 5.56 Å². The molecule has 4 nitrogen and oxygen atoms in total. The Hall–Kier alpha value is -2.88. The molecule has 33 heavy (non-hydrogen) atoms. The van der Waals surface area contributed by atoms with Crippen molar-refractivity contribution in [2.75, 3.05) is 0 Å². The fourth-order valence-corrected chi connectivity index (χ4v) is 4.27. The van der Waals surface area contributed by atoms with Gasteiger partial charge in [-0.25, -0.2) is 4.68 Å². The zero-order chi connectivity index (χ0) is 23.5. The summed E-state index contributed by atoms with van der Waals surface area (Å²) in [6.45, 7) is 4.11. The maximum Gasteiger partial charge on any atom is 0.271 e. The topological polar surface area (TPSA) is 54.9 Å². The summed E-state index contributed by atoms with van der Waals surface area (Å²) in [5.74, 6) is 0.00190. The summed E-state index contributed by atoms with van der Waals surface area (Å²) in [7, 11) is 0. The van der Waals surface area contributed by atoms with Crippen molar-refractivity contribution >= 4 is 5.78 Å². The lowest BCUT2D eigenvalue weighted by molar-refractivity contribution is 0.103. The van der Waals surface area contributed by atoms with Crippen LogP contribution in [0.2, 0.25) is 0 Å². The number of H-pyrrole nitrogens is 1. The van der Waals surface area contributed by atoms with E-state index in [2.05, 4.69) is 24.2 Å². The molecule has 0 radical (unpaired) electrons. The number of benzene rings is 2. The van der Waals surface area contributed by atoms with E-state index in [1.807, 2.05) is 19.1 Å². The lowest BCUT2D eigenvalue weighted by atomic mass is 9.99. The van der Waals surface area contributed by atoms with Crippen molar-refractivity contribution in [3.63, 3.8) is 0 Å². The number of ketones is 1. The summed E-state index contributed by atoms with van der Waals surface area (Å²) in [5.41, 5.74) is 4.03. The van der Waals surface area contributed by atoms with Gasteiger partial charge in [0, 0.05) is 22.9 Å². The van der Waals surface area contributed by atoms with Crippen LogP contribution in [-0.4, -0.2) is 15.6 Å². The second-order valence-electron chi connectivity index (χ2n) is 9.12. The van der Waals surface area contributed by atoms with Crippen LogP contribution in [0.3, 0.4) is 0 Å². The molecule has 176 valence electrons. The van der Waals surface area contributed by atoms with Gasteiger partial charge in [0.2, 0.25) is 0 Å². The Morgan fingerprint density at radius 1 is 0.758 bits per heavy atom. The minimum Gasteiger partial charge on any atom is -0.295 e. The summed E-state index contributed by atoms with van der Waals surface area (Å²) in [5, 5.41) is 3.01. The molecule has 3 rings (SSSR count). The van der Waals surface area contributed by atoms with Gasteiger partial charge in [0.25, 0.3) is 5.56 Å². The van der Waals surface area contributed by atoms with E-state index < -0.39 is 0 Å². The molecule has 1 aromatic heterocycles. The van der Waals surface area contributed by atoms with Gasteiger partial charge in [-0.3, -0.25) is 14.7 Å². The first-order chi connectivity index (χ1) is 16.1. The maximum atomic E-state index is 12.8. The Morgan fingerprint density at radius 3 is 1.79 bits per heavy atom. The van der Waals surface area contributed by atoms with Gasteiger partial charge in [-0.15, -0.1) is 0 Å². The number of hydrogen-bond acceptors (Lipinski definition) is 2. The molecule has 0 fully saturated rings. The van der Waals surface area contributed by atoms with Gasteiger partial charge in [-0.1, -0.05) is 89.0 Å². The van der Waals surface area contributed by atoms with Gasteiger partial charge in [0.05, 0.1) is 5.69 Å². The average molecular weight is 447 g/mol. The molecule has 0 saturated heterocycles. The quantitative estimate of drug-likeness (QED) is 0.211. The number of aryl methyl sites for hydroxylation is 2. The molecule has 4 heteroatoms. The van der Waals surface area contributed by atoms with Crippen LogP contribution in [0.5, 0.6) is 0 Å². The molecule has 1 N–H and O–H groups in total. The fourth-order valence-electron chi connectivity index (χ4n) is 4.27. The van der Waals surface area contributed by atoms with E-state index in [4.69, 9.17) is 0 Å². The molecular weight excluding hydrogens is 408 g/mol. The van der Waals surface area contributed by atoms with Crippen LogP contribution in [0.4, 0.5) is 0 Å². The summed E-state index contributed by atoms with van der Waals surface area (Å²) in [6.07, 6.45) is 14.5. The Balaban J connectivity index is 1.42. The predicted molar refractivity (Wildman–Crippen MR) is 137 cm³/mol. The molecule has 0 amide bonds. The standard InChI is InChI=1S/C29H38N2O2/c1-3-4-5-6-7-8-9-10-11-12-13-24-14-16-25(17-15-24)29(33)26-18-20-27(21-19-26)31-28(32)22-23(2)30-31/h14-22,30H,3-13H2,1-2H3. The number of hydrogen-bond donors (Lipinski definition) is 1. The van der Waals surface area contributed by atoms with Crippen LogP contribution in [-0.2, 0) is 6.42 Å². The van der Waals surface area contributed by atoms with Crippen LogP contribution >= 0.6 is 0 Å². The largest absolute Gasteiger partial charge is 0.295 e. The molecule has 0 bridgehead atoms. The van der Waals surface area contributed by atoms with Gasteiger partial charge >= 0.3 is 0 Å². The number of nitrogens with one attached hydrogen (secondary N) is 1. The minimum absolute atomic E-state index is 0.00190. The monoisotopic (exact) mass is 446 g/mol. The summed E-state index contributed by atoms with van der Waals surface area (Å²) < 4.78 is 1.48. The normalized spacial score (nSPS) is 11.1. The first-order valence-electron chi connectivity index (χ1n) is 12.6. The number of unbranched alkanes of at least 4 members (excludes halogenated alkanes) is 9. The Labute approximate surface area is 198 Å². The fraction of sp³-hybridized carbons (Fsp3) is 0.448. The van der Waals surface area contributed by atoms with Gasteiger partial charge in [-0.2, -0.15) is 0 Å². The third-order valence-electron chi connectivity index (χ3n) is 6.27. The molecule has 1 heterocycles. The van der Waals surface area contributed by atoms with Crippen molar-refractivity contribution in [1.29, 1.82) is 0 Å². The number of rotatable bonds is 14. The number of carbonyl (C=O) groups is 1. The smallest absolute Gasteiger partial charge is 0.271 e. The average Bonchev–Trinajstić information content (AvgIpc) is 3.18. The number of aromatic nitrogens is 2. The second-order valence-corrected chi connectivity index (χ2v) is 9.12. The second kappa shape index (κ2) is 13.0. The first kappa shape index (κ1) is 24.8. The lowest BCUT2D eigenvalue weighted by Crippen LogP contribution is -2.13. The van der Waals surface area contributed by atoms with Crippen molar-refractivity contribution in [2.45, 2.75) is 84.5 Å². The highest BCUT2D eigenvalue weighted by Crippen LogP contribution is 2.16. The Bertz CT molecular complexity index is 1040. The van der Waals surface area contributed by atoms with Gasteiger partial charge in [0.1, 0.15) is 0 Å². The van der Waals surface area contributed by atoms with Crippen molar-refractivity contribution < 1.29 is 4.79 Å². The summed E-state index contributed by atoms with van der Waals surface area (Å²) >= 11 is 0.